The van der Waals surface area contributed by atoms with Gasteiger partial charge in [-0.25, -0.2) is 0 Å². The van der Waals surface area contributed by atoms with Crippen molar-refractivity contribution in [2.45, 2.75) is 40.2 Å². The molecule has 0 amide bonds. The van der Waals surface area contributed by atoms with Gasteiger partial charge in [0, 0.05) is 40.9 Å². The number of hydrogen-bond donors (Lipinski definition) is 3. The summed E-state index contributed by atoms with van der Waals surface area (Å²) in [5.41, 5.74) is 6.81. The average Bonchev–Trinajstić information content (AvgIpc) is 2.82. The second-order valence-electron chi connectivity index (χ2n) is 6.43. The molecule has 0 radical (unpaired) electrons. The second kappa shape index (κ2) is 7.27. The Bertz CT molecular complexity index is 655. The third-order valence-electron chi connectivity index (χ3n) is 3.70. The van der Waals surface area contributed by atoms with Crippen molar-refractivity contribution < 1.29 is 9.59 Å². The SMILES string of the molecule is CC(NCc1cc(C(=N)N)cs1)=C1C(=O)CC(C)(C)CC1=O.Cl. The number of hydrogen-bond acceptors (Lipinski definition) is 5. The molecule has 1 aromatic heterocycles. The normalized spacial score (nSPS) is 16.7. The molecule has 4 N–H and O–H groups in total. The Balaban J connectivity index is 0.00000264. The third-order valence-corrected chi connectivity index (χ3v) is 4.64. The monoisotopic (exact) mass is 355 g/mol. The molecule has 0 bridgehead atoms. The van der Waals surface area contributed by atoms with Crippen LogP contribution in [-0.2, 0) is 16.1 Å². The predicted molar refractivity (Wildman–Crippen MR) is 95.2 cm³/mol. The average molecular weight is 356 g/mol. The Hall–Kier alpha value is -1.66. The Labute approximate surface area is 146 Å². The van der Waals surface area contributed by atoms with Gasteiger partial charge in [-0.3, -0.25) is 15.0 Å². The van der Waals surface area contributed by atoms with Crippen LogP contribution < -0.4 is 11.1 Å². The maximum atomic E-state index is 12.2. The fourth-order valence-electron chi connectivity index (χ4n) is 2.60. The van der Waals surface area contributed by atoms with Gasteiger partial charge in [0.2, 0.25) is 0 Å². The summed E-state index contributed by atoms with van der Waals surface area (Å²) >= 11 is 1.49. The van der Waals surface area contributed by atoms with Gasteiger partial charge in [-0.1, -0.05) is 13.8 Å². The number of amidine groups is 1. The van der Waals surface area contributed by atoms with E-state index in [-0.39, 0.29) is 35.2 Å². The van der Waals surface area contributed by atoms with E-state index in [9.17, 15) is 9.59 Å². The van der Waals surface area contributed by atoms with Gasteiger partial charge in [0.25, 0.3) is 0 Å². The van der Waals surface area contributed by atoms with Gasteiger partial charge in [0.1, 0.15) is 5.84 Å². The zero-order chi connectivity index (χ0) is 16.5. The number of carbonyl (C=O) groups excluding carboxylic acids is 2. The number of carbonyl (C=O) groups is 2. The van der Waals surface area contributed by atoms with Crippen molar-refractivity contribution in [1.29, 1.82) is 5.41 Å². The molecule has 0 aliphatic heterocycles. The summed E-state index contributed by atoms with van der Waals surface area (Å²) < 4.78 is 0. The first-order valence-electron chi connectivity index (χ1n) is 7.12. The largest absolute Gasteiger partial charge is 0.384 e. The molecule has 0 atom stereocenters. The molecule has 126 valence electrons. The summed E-state index contributed by atoms with van der Waals surface area (Å²) in [5.74, 6) is -0.124. The minimum absolute atomic E-state index is 0. The van der Waals surface area contributed by atoms with Gasteiger partial charge in [-0.2, -0.15) is 0 Å². The van der Waals surface area contributed by atoms with E-state index in [4.69, 9.17) is 11.1 Å². The van der Waals surface area contributed by atoms with Crippen LogP contribution in [0.15, 0.2) is 22.7 Å². The first kappa shape index (κ1) is 19.4. The zero-order valence-electron chi connectivity index (χ0n) is 13.5. The van der Waals surface area contributed by atoms with Crippen molar-refractivity contribution in [3.63, 3.8) is 0 Å². The molecule has 1 aliphatic rings. The minimum Gasteiger partial charge on any atom is -0.384 e. The van der Waals surface area contributed by atoms with E-state index in [1.807, 2.05) is 25.3 Å². The number of rotatable bonds is 4. The van der Waals surface area contributed by atoms with Gasteiger partial charge in [-0.15, -0.1) is 23.7 Å². The van der Waals surface area contributed by atoms with Crippen LogP contribution in [0.25, 0.3) is 0 Å². The molecule has 1 aromatic rings. The highest BCUT2D eigenvalue weighted by Gasteiger charge is 2.36. The van der Waals surface area contributed by atoms with Gasteiger partial charge in [0.05, 0.1) is 5.57 Å². The highest BCUT2D eigenvalue weighted by molar-refractivity contribution is 7.10. The van der Waals surface area contributed by atoms with Crippen LogP contribution >= 0.6 is 23.7 Å². The van der Waals surface area contributed by atoms with Crippen molar-refractivity contribution >= 4 is 41.1 Å². The topological polar surface area (TPSA) is 96.0 Å². The molecule has 0 saturated heterocycles. The molecule has 0 aromatic carbocycles. The summed E-state index contributed by atoms with van der Waals surface area (Å²) in [7, 11) is 0. The highest BCUT2D eigenvalue weighted by Crippen LogP contribution is 2.34. The molecule has 7 heteroatoms. The molecule has 2 rings (SSSR count). The number of thiophene rings is 1. The summed E-state index contributed by atoms with van der Waals surface area (Å²) in [6.45, 7) is 6.16. The van der Waals surface area contributed by atoms with E-state index >= 15 is 0 Å². The zero-order valence-corrected chi connectivity index (χ0v) is 15.1. The first-order valence-corrected chi connectivity index (χ1v) is 8.00. The first-order chi connectivity index (χ1) is 10.2. The van der Waals surface area contributed by atoms with Gasteiger partial charge in [-0.05, 0) is 18.4 Å². The number of allylic oxidation sites excluding steroid dienone is 2. The van der Waals surface area contributed by atoms with E-state index in [2.05, 4.69) is 5.32 Å². The summed E-state index contributed by atoms with van der Waals surface area (Å²) in [5, 5.41) is 12.3. The summed E-state index contributed by atoms with van der Waals surface area (Å²) in [6.07, 6.45) is 0.807. The van der Waals surface area contributed by atoms with Gasteiger partial charge >= 0.3 is 0 Å². The molecule has 1 heterocycles. The Kier molecular flexibility index (Phi) is 6.13. The summed E-state index contributed by atoms with van der Waals surface area (Å²) in [6, 6.07) is 1.84. The van der Waals surface area contributed by atoms with E-state index in [0.717, 1.165) is 4.88 Å². The number of ketones is 2. The lowest BCUT2D eigenvalue weighted by Crippen LogP contribution is -2.33. The number of nitrogens with one attached hydrogen (secondary N) is 2. The van der Waals surface area contributed by atoms with Gasteiger partial charge in [0.15, 0.2) is 11.6 Å². The highest BCUT2D eigenvalue weighted by atomic mass is 35.5. The van der Waals surface area contributed by atoms with Crippen LogP contribution in [0.3, 0.4) is 0 Å². The number of halogens is 1. The lowest BCUT2D eigenvalue weighted by atomic mass is 9.73. The molecule has 0 spiro atoms. The van der Waals surface area contributed by atoms with Crippen molar-refractivity contribution in [3.05, 3.63) is 33.2 Å². The molecule has 5 nitrogen and oxygen atoms in total. The van der Waals surface area contributed by atoms with Crippen molar-refractivity contribution in [3.8, 4) is 0 Å². The van der Waals surface area contributed by atoms with Crippen LogP contribution in [0.4, 0.5) is 0 Å². The fourth-order valence-corrected chi connectivity index (χ4v) is 3.43. The van der Waals surface area contributed by atoms with Gasteiger partial charge < -0.3 is 11.1 Å². The molecule has 23 heavy (non-hydrogen) atoms. The number of nitrogen functional groups attached to an aromatic ring is 1. The van der Waals surface area contributed by atoms with Crippen molar-refractivity contribution in [2.75, 3.05) is 0 Å². The predicted octanol–water partition coefficient (Wildman–Crippen LogP) is 2.78. The Morgan fingerprint density at radius 2 is 1.91 bits per heavy atom. The fraction of sp³-hybridized carbons (Fsp3) is 0.438. The minimum atomic E-state index is -0.248. The van der Waals surface area contributed by atoms with Crippen molar-refractivity contribution in [1.82, 2.24) is 5.32 Å². The van der Waals surface area contributed by atoms with Crippen LogP contribution in [0.1, 0.15) is 44.1 Å². The Morgan fingerprint density at radius 3 is 2.39 bits per heavy atom. The third kappa shape index (κ3) is 4.65. The van der Waals surface area contributed by atoms with Crippen molar-refractivity contribution in [2.24, 2.45) is 11.1 Å². The summed E-state index contributed by atoms with van der Waals surface area (Å²) in [4.78, 5) is 25.4. The molecular weight excluding hydrogens is 334 g/mol. The van der Waals surface area contributed by atoms with E-state index in [0.29, 0.717) is 36.2 Å². The molecule has 1 aliphatic carbocycles. The molecule has 1 fully saturated rings. The van der Waals surface area contributed by atoms with Crippen LogP contribution in [0, 0.1) is 10.8 Å². The van der Waals surface area contributed by atoms with E-state index < -0.39 is 0 Å². The lowest BCUT2D eigenvalue weighted by Gasteiger charge is -2.29. The van der Waals surface area contributed by atoms with Crippen LogP contribution in [0.2, 0.25) is 0 Å². The molecule has 1 saturated carbocycles. The van der Waals surface area contributed by atoms with E-state index in [1.54, 1.807) is 6.92 Å². The Morgan fingerprint density at radius 1 is 1.35 bits per heavy atom. The standard InChI is InChI=1S/C16H21N3O2S.ClH/c1-9(14-12(20)5-16(2,3)6-13(14)21)19-7-11-4-10(8-22-11)15(17)18;/h4,8,19H,5-7H2,1-3H3,(H3,17,18);1H. The maximum absolute atomic E-state index is 12.2. The number of nitrogens with two attached hydrogens (primary N) is 1. The number of Topliss-reactive ketones (excluding diaryl/α,β-unsaturated/α-hetero) is 2. The molecule has 0 unspecified atom stereocenters. The quantitative estimate of drug-likeness (QED) is 0.335. The smallest absolute Gasteiger partial charge is 0.168 e. The van der Waals surface area contributed by atoms with Crippen LogP contribution in [-0.4, -0.2) is 17.4 Å². The van der Waals surface area contributed by atoms with E-state index in [1.165, 1.54) is 11.3 Å². The molecular formula is C16H22ClN3O2S. The van der Waals surface area contributed by atoms with Crippen LogP contribution in [0.5, 0.6) is 0 Å². The second-order valence-corrected chi connectivity index (χ2v) is 7.43. The maximum Gasteiger partial charge on any atom is 0.168 e. The lowest BCUT2D eigenvalue weighted by molar-refractivity contribution is -0.127.